The van der Waals surface area contributed by atoms with Crippen LogP contribution < -0.4 is 10.6 Å². The van der Waals surface area contributed by atoms with Gasteiger partial charge in [-0.05, 0) is 23.6 Å². The molecule has 1 atom stereocenters. The average molecular weight is 347 g/mol. The van der Waals surface area contributed by atoms with Crippen LogP contribution in [-0.2, 0) is 9.59 Å². The van der Waals surface area contributed by atoms with E-state index in [0.717, 1.165) is 4.88 Å². The number of aliphatic hydroxyl groups is 1. The molecule has 3 heterocycles. The van der Waals surface area contributed by atoms with Crippen LogP contribution in [0.2, 0.25) is 0 Å². The Morgan fingerprint density at radius 3 is 2.83 bits per heavy atom. The number of thiophene rings is 1. The Labute approximate surface area is 140 Å². The number of nitrogens with zero attached hydrogens (tertiary/aromatic N) is 1. The second-order valence-corrected chi connectivity index (χ2v) is 5.69. The summed E-state index contributed by atoms with van der Waals surface area (Å²) in [4.78, 5) is 24.2. The highest BCUT2D eigenvalue weighted by molar-refractivity contribution is 7.13. The van der Waals surface area contributed by atoms with Gasteiger partial charge in [-0.15, -0.1) is 11.3 Å². The lowest BCUT2D eigenvalue weighted by Gasteiger charge is -2.09. The molecule has 0 saturated carbocycles. The van der Waals surface area contributed by atoms with E-state index in [1.165, 1.54) is 23.7 Å². The molecule has 3 rings (SSSR count). The summed E-state index contributed by atoms with van der Waals surface area (Å²) in [6.45, 7) is -0.164. The number of anilines is 1. The molecule has 8 nitrogen and oxygen atoms in total. The number of hydrogen-bond donors (Lipinski definition) is 3. The predicted molar refractivity (Wildman–Crippen MR) is 85.1 cm³/mol. The van der Waals surface area contributed by atoms with E-state index in [2.05, 4.69) is 20.3 Å². The fourth-order valence-electron chi connectivity index (χ4n) is 1.90. The summed E-state index contributed by atoms with van der Waals surface area (Å²) in [5, 5.41) is 20.0. The standard InChI is InChI=1S/C15H13N3O5S/c19-9(10-3-4-11(23-10)12-2-1-7-24-12)8-16-14(20)15(21)17-13-5-6-22-18-13/h1-7,9,19H,8H2,(H,16,20)(H,17,18,21). The van der Waals surface area contributed by atoms with Crippen molar-refractivity contribution in [3.8, 4) is 10.6 Å². The van der Waals surface area contributed by atoms with Crippen molar-refractivity contribution in [2.45, 2.75) is 6.10 Å². The van der Waals surface area contributed by atoms with E-state index in [4.69, 9.17) is 4.42 Å². The number of carbonyl (C=O) groups is 2. The molecule has 0 aliphatic carbocycles. The lowest BCUT2D eigenvalue weighted by Crippen LogP contribution is -2.37. The van der Waals surface area contributed by atoms with Gasteiger partial charge in [-0.3, -0.25) is 14.9 Å². The van der Waals surface area contributed by atoms with E-state index in [-0.39, 0.29) is 12.4 Å². The minimum Gasteiger partial charge on any atom is -0.457 e. The summed E-state index contributed by atoms with van der Waals surface area (Å²) < 4.78 is 10.1. The molecule has 0 spiro atoms. The molecule has 24 heavy (non-hydrogen) atoms. The molecule has 124 valence electrons. The van der Waals surface area contributed by atoms with Crippen molar-refractivity contribution in [3.05, 3.63) is 47.7 Å². The monoisotopic (exact) mass is 347 g/mol. The van der Waals surface area contributed by atoms with Gasteiger partial charge in [0.2, 0.25) is 0 Å². The van der Waals surface area contributed by atoms with Crippen LogP contribution in [0.5, 0.6) is 0 Å². The average Bonchev–Trinajstić information content (AvgIpc) is 3.32. The second kappa shape index (κ2) is 7.11. The van der Waals surface area contributed by atoms with Crippen LogP contribution in [0.4, 0.5) is 5.82 Å². The smallest absolute Gasteiger partial charge is 0.314 e. The second-order valence-electron chi connectivity index (χ2n) is 4.74. The summed E-state index contributed by atoms with van der Waals surface area (Å²) in [5.74, 6) is -0.746. The molecule has 3 aromatic heterocycles. The summed E-state index contributed by atoms with van der Waals surface area (Å²) in [6, 6.07) is 8.56. The molecule has 3 N–H and O–H groups in total. The van der Waals surface area contributed by atoms with E-state index >= 15 is 0 Å². The summed E-state index contributed by atoms with van der Waals surface area (Å²) in [6.07, 6.45) is 0.196. The number of hydrogen-bond acceptors (Lipinski definition) is 7. The number of furan rings is 1. The predicted octanol–water partition coefficient (Wildman–Crippen LogP) is 1.78. The molecule has 0 aliphatic heterocycles. The van der Waals surface area contributed by atoms with Gasteiger partial charge in [0, 0.05) is 6.07 Å². The number of aliphatic hydroxyl groups excluding tert-OH is 1. The van der Waals surface area contributed by atoms with Crippen LogP contribution in [0, 0.1) is 0 Å². The molecule has 0 fully saturated rings. The molecule has 0 aliphatic rings. The Morgan fingerprint density at radius 1 is 1.25 bits per heavy atom. The van der Waals surface area contributed by atoms with Gasteiger partial charge < -0.3 is 19.4 Å². The molecule has 0 radical (unpaired) electrons. The van der Waals surface area contributed by atoms with Crippen LogP contribution in [0.1, 0.15) is 11.9 Å². The Bertz CT molecular complexity index is 810. The van der Waals surface area contributed by atoms with Gasteiger partial charge in [0.15, 0.2) is 5.82 Å². The zero-order valence-corrected chi connectivity index (χ0v) is 13.1. The van der Waals surface area contributed by atoms with E-state index in [1.54, 1.807) is 12.1 Å². The fourth-order valence-corrected chi connectivity index (χ4v) is 2.59. The zero-order valence-electron chi connectivity index (χ0n) is 12.3. The first-order chi connectivity index (χ1) is 11.6. The maximum absolute atomic E-state index is 11.7. The minimum atomic E-state index is -1.07. The molecule has 9 heteroatoms. The Hall–Kier alpha value is -2.91. The molecule has 1 unspecified atom stereocenters. The summed E-state index contributed by atoms with van der Waals surface area (Å²) >= 11 is 1.51. The fraction of sp³-hybridized carbons (Fsp3) is 0.133. The zero-order chi connectivity index (χ0) is 16.9. The number of carbonyl (C=O) groups excluding carboxylic acids is 2. The SMILES string of the molecule is O=C(NCC(O)c1ccc(-c2cccs2)o1)C(=O)Nc1ccon1. The van der Waals surface area contributed by atoms with E-state index in [0.29, 0.717) is 11.5 Å². The van der Waals surface area contributed by atoms with Crippen molar-refractivity contribution in [2.24, 2.45) is 0 Å². The third-order valence-corrected chi connectivity index (χ3v) is 3.95. The van der Waals surface area contributed by atoms with E-state index in [1.807, 2.05) is 17.5 Å². The topological polar surface area (TPSA) is 118 Å². The number of nitrogens with one attached hydrogen (secondary N) is 2. The van der Waals surface area contributed by atoms with Crippen molar-refractivity contribution in [1.29, 1.82) is 0 Å². The van der Waals surface area contributed by atoms with Crippen molar-refractivity contribution in [3.63, 3.8) is 0 Å². The largest absolute Gasteiger partial charge is 0.457 e. The highest BCUT2D eigenvalue weighted by Gasteiger charge is 2.19. The molecule has 0 aromatic carbocycles. The van der Waals surface area contributed by atoms with E-state index < -0.39 is 17.9 Å². The summed E-state index contributed by atoms with van der Waals surface area (Å²) in [7, 11) is 0. The highest BCUT2D eigenvalue weighted by atomic mass is 32.1. The Morgan fingerprint density at radius 2 is 2.12 bits per heavy atom. The van der Waals surface area contributed by atoms with Gasteiger partial charge in [0.25, 0.3) is 0 Å². The van der Waals surface area contributed by atoms with Gasteiger partial charge in [-0.25, -0.2) is 0 Å². The van der Waals surface area contributed by atoms with Crippen molar-refractivity contribution in [1.82, 2.24) is 10.5 Å². The highest BCUT2D eigenvalue weighted by Crippen LogP contribution is 2.28. The Kier molecular flexibility index (Phi) is 4.73. The maximum Gasteiger partial charge on any atom is 0.314 e. The molecule has 0 bridgehead atoms. The van der Waals surface area contributed by atoms with Crippen LogP contribution in [0.3, 0.4) is 0 Å². The van der Waals surface area contributed by atoms with Crippen LogP contribution in [0.25, 0.3) is 10.6 Å². The third kappa shape index (κ3) is 3.70. The molecule has 0 saturated heterocycles. The number of rotatable bonds is 5. The van der Waals surface area contributed by atoms with Crippen molar-refractivity contribution in [2.75, 3.05) is 11.9 Å². The first-order valence-electron chi connectivity index (χ1n) is 6.94. The van der Waals surface area contributed by atoms with Gasteiger partial charge in [0.1, 0.15) is 23.9 Å². The third-order valence-electron chi connectivity index (χ3n) is 3.06. The lowest BCUT2D eigenvalue weighted by molar-refractivity contribution is -0.136. The quantitative estimate of drug-likeness (QED) is 0.606. The van der Waals surface area contributed by atoms with Crippen LogP contribution in [0.15, 0.2) is 50.9 Å². The number of amides is 2. The number of aromatic nitrogens is 1. The first kappa shape index (κ1) is 16.0. The molecular weight excluding hydrogens is 334 g/mol. The van der Waals surface area contributed by atoms with Gasteiger partial charge >= 0.3 is 11.8 Å². The summed E-state index contributed by atoms with van der Waals surface area (Å²) in [5.41, 5.74) is 0. The van der Waals surface area contributed by atoms with Gasteiger partial charge in [0.05, 0.1) is 11.4 Å². The van der Waals surface area contributed by atoms with Crippen molar-refractivity contribution < 1.29 is 23.6 Å². The Balaban J connectivity index is 1.52. The van der Waals surface area contributed by atoms with Crippen LogP contribution >= 0.6 is 11.3 Å². The van der Waals surface area contributed by atoms with Gasteiger partial charge in [-0.2, -0.15) is 0 Å². The van der Waals surface area contributed by atoms with E-state index in [9.17, 15) is 14.7 Å². The molecule has 2 amide bonds. The van der Waals surface area contributed by atoms with Gasteiger partial charge in [-0.1, -0.05) is 11.2 Å². The van der Waals surface area contributed by atoms with Crippen molar-refractivity contribution >= 4 is 29.0 Å². The minimum absolute atomic E-state index is 0.127. The lowest BCUT2D eigenvalue weighted by atomic mass is 10.2. The molecule has 3 aromatic rings. The normalized spacial score (nSPS) is 11.9. The maximum atomic E-state index is 11.7. The molecular formula is C15H13N3O5S. The van der Waals surface area contributed by atoms with Crippen LogP contribution in [-0.4, -0.2) is 28.6 Å². The first-order valence-corrected chi connectivity index (χ1v) is 7.82.